The molecule has 3 heteroatoms. The van der Waals surface area contributed by atoms with E-state index in [0.29, 0.717) is 10.4 Å². The van der Waals surface area contributed by atoms with Crippen LogP contribution in [0.15, 0.2) is 66.0 Å². The Morgan fingerprint density at radius 2 is 1.75 bits per heavy atom. The van der Waals surface area contributed by atoms with E-state index in [1.165, 1.54) is 0 Å². The first kappa shape index (κ1) is 17.8. The van der Waals surface area contributed by atoms with Crippen molar-refractivity contribution in [1.29, 1.82) is 0 Å². The molecule has 0 radical (unpaired) electrons. The van der Waals surface area contributed by atoms with Crippen LogP contribution in [0.25, 0.3) is 22.9 Å². The number of hydrogen-bond acceptors (Lipinski definition) is 1. The summed E-state index contributed by atoms with van der Waals surface area (Å²) >= 11 is 5.94. The quantitative estimate of drug-likeness (QED) is 0.753. The lowest BCUT2D eigenvalue weighted by atomic mass is 10.1. The van der Waals surface area contributed by atoms with Gasteiger partial charge in [-0.3, -0.25) is 4.79 Å². The molecule has 0 fully saturated rings. The molecular formula is C21H20ClNO. The number of benzene rings is 2. The molecule has 122 valence electrons. The number of pyridine rings is 1. The number of aromatic amines is 1. The zero-order chi connectivity index (χ0) is 17.5. The summed E-state index contributed by atoms with van der Waals surface area (Å²) in [5.74, 6) is 0. The Hall–Kier alpha value is -2.58. The van der Waals surface area contributed by atoms with Crippen LogP contribution in [0, 0.1) is 0 Å². The van der Waals surface area contributed by atoms with E-state index in [1.807, 2.05) is 62.4 Å². The van der Waals surface area contributed by atoms with Crippen molar-refractivity contribution in [1.82, 2.24) is 4.98 Å². The van der Waals surface area contributed by atoms with Crippen LogP contribution in [0.3, 0.4) is 0 Å². The average molecular weight is 338 g/mol. The Morgan fingerprint density at radius 3 is 2.46 bits per heavy atom. The number of halogens is 1. The van der Waals surface area contributed by atoms with Crippen molar-refractivity contribution in [2.75, 3.05) is 0 Å². The van der Waals surface area contributed by atoms with Crippen molar-refractivity contribution >= 4 is 34.5 Å². The van der Waals surface area contributed by atoms with E-state index < -0.39 is 0 Å². The first-order valence-electron chi connectivity index (χ1n) is 7.89. The Labute approximate surface area is 146 Å². The van der Waals surface area contributed by atoms with Crippen molar-refractivity contribution in [3.63, 3.8) is 0 Å². The van der Waals surface area contributed by atoms with E-state index in [0.717, 1.165) is 21.5 Å². The molecule has 0 aliphatic rings. The summed E-state index contributed by atoms with van der Waals surface area (Å²) in [6.45, 7) is 7.73. The summed E-state index contributed by atoms with van der Waals surface area (Å²) in [5.41, 5.74) is 0.612. The van der Waals surface area contributed by atoms with E-state index in [1.54, 1.807) is 18.2 Å². The molecule has 2 aromatic carbocycles. The molecule has 0 aliphatic heterocycles. The molecule has 3 rings (SSSR count). The van der Waals surface area contributed by atoms with E-state index in [4.69, 9.17) is 11.6 Å². The van der Waals surface area contributed by atoms with Crippen LogP contribution >= 0.6 is 11.6 Å². The third-order valence-corrected chi connectivity index (χ3v) is 3.67. The number of H-pyrrole nitrogens is 1. The number of nitrogens with one attached hydrogen (secondary N) is 1. The van der Waals surface area contributed by atoms with Crippen LogP contribution in [-0.2, 0) is 0 Å². The van der Waals surface area contributed by atoms with E-state index in [-0.39, 0.29) is 5.56 Å². The number of allylic oxidation sites excluding steroid dienone is 1. The van der Waals surface area contributed by atoms with Gasteiger partial charge in [0.1, 0.15) is 0 Å². The van der Waals surface area contributed by atoms with Crippen molar-refractivity contribution in [2.45, 2.75) is 13.8 Å². The van der Waals surface area contributed by atoms with Gasteiger partial charge in [-0.2, -0.15) is 0 Å². The topological polar surface area (TPSA) is 32.9 Å². The fourth-order valence-corrected chi connectivity index (χ4v) is 2.59. The molecule has 3 aromatic rings. The third kappa shape index (κ3) is 4.03. The molecule has 2 nitrogen and oxygen atoms in total. The Bertz CT molecular complexity index is 1030. The minimum Gasteiger partial charge on any atom is -0.322 e. The van der Waals surface area contributed by atoms with E-state index in [9.17, 15) is 4.79 Å². The molecule has 0 unspecified atom stereocenters. The minimum atomic E-state index is -0.142. The molecular weight excluding hydrogens is 318 g/mol. The van der Waals surface area contributed by atoms with E-state index >= 15 is 0 Å². The van der Waals surface area contributed by atoms with Crippen molar-refractivity contribution < 1.29 is 0 Å². The van der Waals surface area contributed by atoms with Gasteiger partial charge in [-0.05, 0) is 40.1 Å². The minimum absolute atomic E-state index is 0.142. The van der Waals surface area contributed by atoms with Gasteiger partial charge in [-0.25, -0.2) is 0 Å². The van der Waals surface area contributed by atoms with Gasteiger partial charge in [0.15, 0.2) is 0 Å². The Kier molecular flexibility index (Phi) is 6.16. The number of hydrogen-bond donors (Lipinski definition) is 1. The van der Waals surface area contributed by atoms with Gasteiger partial charge in [0.2, 0.25) is 0 Å². The highest BCUT2D eigenvalue weighted by molar-refractivity contribution is 6.31. The maximum atomic E-state index is 12.2. The van der Waals surface area contributed by atoms with Crippen LogP contribution in [0.1, 0.15) is 19.5 Å². The SMILES string of the molecule is C=C/C=c1/cccc/c1=C\c1cc2ccc(Cl)cc2c(=O)[nH]1.CC. The van der Waals surface area contributed by atoms with Crippen molar-refractivity contribution in [3.8, 4) is 0 Å². The predicted octanol–water partition coefficient (Wildman–Crippen LogP) is 4.00. The second kappa shape index (κ2) is 8.32. The second-order valence-electron chi connectivity index (χ2n) is 4.96. The number of fused-ring (bicyclic) bond motifs is 1. The molecule has 0 bridgehead atoms. The summed E-state index contributed by atoms with van der Waals surface area (Å²) in [4.78, 5) is 15.1. The molecule has 0 atom stereocenters. The highest BCUT2D eigenvalue weighted by atomic mass is 35.5. The van der Waals surface area contributed by atoms with Gasteiger partial charge in [0.25, 0.3) is 5.56 Å². The molecule has 0 spiro atoms. The molecule has 24 heavy (non-hydrogen) atoms. The Balaban J connectivity index is 0.00000100. The standard InChI is InChI=1S/C19H14ClNO.C2H6/c1-2-5-13-6-3-4-7-14(13)10-17-11-15-8-9-16(20)12-18(15)19(22)21-17;1-2/h2-12H,1H2,(H,21,22);1-2H3/b13-5-,14-10+;. The Morgan fingerprint density at radius 1 is 1.04 bits per heavy atom. The lowest BCUT2D eigenvalue weighted by molar-refractivity contribution is 1.24. The number of rotatable bonds is 2. The van der Waals surface area contributed by atoms with Crippen LogP contribution in [0.2, 0.25) is 5.02 Å². The summed E-state index contributed by atoms with van der Waals surface area (Å²) in [5, 5.41) is 4.08. The first-order chi connectivity index (χ1) is 11.7. The lowest BCUT2D eigenvalue weighted by Crippen LogP contribution is -2.24. The zero-order valence-electron chi connectivity index (χ0n) is 13.8. The molecule has 0 amide bonds. The fraction of sp³-hybridized carbons (Fsp3) is 0.0952. The highest BCUT2D eigenvalue weighted by Gasteiger charge is 2.01. The van der Waals surface area contributed by atoms with Gasteiger partial charge < -0.3 is 4.98 Å². The average Bonchev–Trinajstić information content (AvgIpc) is 2.59. The molecule has 0 aliphatic carbocycles. The molecule has 0 saturated heterocycles. The molecule has 1 heterocycles. The summed E-state index contributed by atoms with van der Waals surface area (Å²) in [6.07, 6.45) is 5.63. The normalized spacial score (nSPS) is 12.0. The zero-order valence-corrected chi connectivity index (χ0v) is 14.6. The van der Waals surface area contributed by atoms with Crippen molar-refractivity contribution in [3.05, 3.63) is 92.7 Å². The maximum Gasteiger partial charge on any atom is 0.256 e. The first-order valence-corrected chi connectivity index (χ1v) is 8.27. The monoisotopic (exact) mass is 337 g/mol. The smallest absolute Gasteiger partial charge is 0.256 e. The van der Waals surface area contributed by atoms with E-state index in [2.05, 4.69) is 11.6 Å². The lowest BCUT2D eigenvalue weighted by Gasteiger charge is -2.00. The maximum absolute atomic E-state index is 12.2. The van der Waals surface area contributed by atoms with Crippen LogP contribution < -0.4 is 16.0 Å². The van der Waals surface area contributed by atoms with Crippen LogP contribution in [0.5, 0.6) is 0 Å². The van der Waals surface area contributed by atoms with Crippen LogP contribution in [-0.4, -0.2) is 4.98 Å². The number of aromatic nitrogens is 1. The third-order valence-electron chi connectivity index (χ3n) is 3.43. The van der Waals surface area contributed by atoms with Gasteiger partial charge in [-0.15, -0.1) is 0 Å². The second-order valence-corrected chi connectivity index (χ2v) is 5.40. The molecule has 0 saturated carbocycles. The summed E-state index contributed by atoms with van der Waals surface area (Å²) in [7, 11) is 0. The molecule has 1 N–H and O–H groups in total. The van der Waals surface area contributed by atoms with Crippen molar-refractivity contribution in [2.24, 2.45) is 0 Å². The van der Waals surface area contributed by atoms with Gasteiger partial charge >= 0.3 is 0 Å². The highest BCUT2D eigenvalue weighted by Crippen LogP contribution is 2.16. The predicted molar refractivity (Wildman–Crippen MR) is 105 cm³/mol. The largest absolute Gasteiger partial charge is 0.322 e. The van der Waals surface area contributed by atoms with Crippen LogP contribution in [0.4, 0.5) is 0 Å². The van der Waals surface area contributed by atoms with Gasteiger partial charge in [0, 0.05) is 16.1 Å². The molecule has 1 aromatic heterocycles. The van der Waals surface area contributed by atoms with Gasteiger partial charge in [0.05, 0.1) is 0 Å². The summed E-state index contributed by atoms with van der Waals surface area (Å²) < 4.78 is 0. The fourth-order valence-electron chi connectivity index (χ4n) is 2.42. The van der Waals surface area contributed by atoms with Gasteiger partial charge in [-0.1, -0.05) is 74.5 Å². The summed E-state index contributed by atoms with van der Waals surface area (Å²) in [6, 6.07) is 15.2.